The van der Waals surface area contributed by atoms with Crippen molar-refractivity contribution in [2.45, 2.75) is 49.1 Å². The summed E-state index contributed by atoms with van der Waals surface area (Å²) in [4.78, 5) is 0. The average molecular weight is 325 g/mol. The molecule has 0 radical (unpaired) electrons. The van der Waals surface area contributed by atoms with Gasteiger partial charge in [-0.3, -0.25) is 5.32 Å². The molecule has 10 nitrogen and oxygen atoms in total. The molecular weight excluding hydrogens is 302 g/mol. The van der Waals surface area contributed by atoms with Crippen LogP contribution in [-0.4, -0.2) is 105 Å². The molecule has 2 saturated heterocycles. The van der Waals surface area contributed by atoms with Crippen LogP contribution in [0.15, 0.2) is 0 Å². The molecule has 9 atom stereocenters. The minimum absolute atomic E-state index is 0.164. The van der Waals surface area contributed by atoms with Gasteiger partial charge in [0.25, 0.3) is 0 Å². The minimum Gasteiger partial charge on any atom is -0.396 e. The van der Waals surface area contributed by atoms with Gasteiger partial charge in [0.1, 0.15) is 36.7 Å². The van der Waals surface area contributed by atoms with Gasteiger partial charge in [-0.2, -0.15) is 0 Å². The summed E-state index contributed by atoms with van der Waals surface area (Å²) < 4.78 is 10.6. The van der Waals surface area contributed by atoms with Crippen LogP contribution >= 0.6 is 0 Å². The normalized spacial score (nSPS) is 50.0. The number of aliphatic hydroxyl groups is 7. The molecule has 0 aliphatic carbocycles. The third kappa shape index (κ3) is 3.41. The molecule has 2 rings (SSSR count). The van der Waals surface area contributed by atoms with Gasteiger partial charge in [0.05, 0.1) is 12.7 Å². The fourth-order valence-corrected chi connectivity index (χ4v) is 2.66. The molecule has 10 heteroatoms. The number of hydrogen-bond acceptors (Lipinski definition) is 10. The zero-order valence-corrected chi connectivity index (χ0v) is 11.8. The highest BCUT2D eigenvalue weighted by atomic mass is 16.7. The van der Waals surface area contributed by atoms with Crippen molar-refractivity contribution < 1.29 is 45.2 Å². The highest BCUT2D eigenvalue weighted by Crippen LogP contribution is 2.27. The number of aliphatic hydroxyl groups excluding tert-OH is 7. The maximum Gasteiger partial charge on any atom is 0.187 e. The number of rotatable bonds is 4. The lowest BCUT2D eigenvalue weighted by molar-refractivity contribution is -0.327. The van der Waals surface area contributed by atoms with E-state index >= 15 is 0 Å². The van der Waals surface area contributed by atoms with Gasteiger partial charge in [0, 0.05) is 19.1 Å². The van der Waals surface area contributed by atoms with Crippen molar-refractivity contribution >= 4 is 0 Å². The quantitative estimate of drug-likeness (QED) is 0.250. The van der Waals surface area contributed by atoms with Gasteiger partial charge in [0.2, 0.25) is 0 Å². The Bertz CT molecular complexity index is 355. The summed E-state index contributed by atoms with van der Waals surface area (Å²) >= 11 is 0. The summed E-state index contributed by atoms with van der Waals surface area (Å²) in [5.41, 5.74) is 0. The second-order valence-corrected chi connectivity index (χ2v) is 5.58. The molecule has 8 N–H and O–H groups in total. The molecule has 0 aromatic rings. The molecule has 0 aromatic heterocycles. The number of piperidine rings is 1. The second kappa shape index (κ2) is 7.45. The average Bonchev–Trinajstić information content (AvgIpc) is 2.52. The largest absolute Gasteiger partial charge is 0.396 e. The summed E-state index contributed by atoms with van der Waals surface area (Å²) in [5, 5.41) is 69.8. The van der Waals surface area contributed by atoms with E-state index in [9.17, 15) is 30.6 Å². The standard InChI is InChI=1S/C12H23NO9/c14-2-4-1-13-11(20)9(19)10(4)22-12-8(18)7(17)6(16)5(3-15)21-12/h4-20H,1-3H2/t4-,5-,6-,7+,8-,9+,10-,11?,12+/m1/s1. The van der Waals surface area contributed by atoms with Gasteiger partial charge in [-0.1, -0.05) is 0 Å². The molecule has 0 bridgehead atoms. The van der Waals surface area contributed by atoms with Crippen LogP contribution in [0.4, 0.5) is 0 Å². The van der Waals surface area contributed by atoms with E-state index in [1.165, 1.54) is 0 Å². The third-order valence-corrected chi connectivity index (χ3v) is 4.09. The van der Waals surface area contributed by atoms with Crippen molar-refractivity contribution in [2.75, 3.05) is 19.8 Å². The number of nitrogens with one attached hydrogen (secondary N) is 1. The van der Waals surface area contributed by atoms with Crippen LogP contribution in [0, 0.1) is 5.92 Å². The van der Waals surface area contributed by atoms with Crippen molar-refractivity contribution in [3.63, 3.8) is 0 Å². The molecule has 2 heterocycles. The van der Waals surface area contributed by atoms with Crippen LogP contribution in [-0.2, 0) is 9.47 Å². The summed E-state index contributed by atoms with van der Waals surface area (Å²) in [6.45, 7) is -0.790. The lowest BCUT2D eigenvalue weighted by atomic mass is 9.92. The van der Waals surface area contributed by atoms with Gasteiger partial charge in [-0.25, -0.2) is 0 Å². The van der Waals surface area contributed by atoms with E-state index in [0.29, 0.717) is 0 Å². The predicted molar refractivity (Wildman–Crippen MR) is 69.2 cm³/mol. The van der Waals surface area contributed by atoms with Crippen molar-refractivity contribution in [1.29, 1.82) is 0 Å². The molecule has 130 valence electrons. The topological polar surface area (TPSA) is 172 Å². The van der Waals surface area contributed by atoms with Crippen molar-refractivity contribution in [3.8, 4) is 0 Å². The lowest BCUT2D eigenvalue weighted by Crippen LogP contribution is -2.64. The Balaban J connectivity index is 2.09. The van der Waals surface area contributed by atoms with Crippen LogP contribution in [0.2, 0.25) is 0 Å². The molecule has 2 aliphatic rings. The van der Waals surface area contributed by atoms with Crippen LogP contribution in [0.3, 0.4) is 0 Å². The molecule has 2 fully saturated rings. The van der Waals surface area contributed by atoms with Crippen LogP contribution in [0.1, 0.15) is 0 Å². The number of hydrogen-bond donors (Lipinski definition) is 8. The Kier molecular flexibility index (Phi) is 6.07. The molecule has 1 unspecified atom stereocenters. The Morgan fingerprint density at radius 3 is 2.18 bits per heavy atom. The highest BCUT2D eigenvalue weighted by Gasteiger charge is 2.47. The fraction of sp³-hybridized carbons (Fsp3) is 1.00. The molecule has 22 heavy (non-hydrogen) atoms. The first-order chi connectivity index (χ1) is 10.4. The van der Waals surface area contributed by atoms with E-state index in [1.54, 1.807) is 0 Å². The van der Waals surface area contributed by atoms with Crippen molar-refractivity contribution in [1.82, 2.24) is 5.32 Å². The Hall–Kier alpha value is -0.400. The van der Waals surface area contributed by atoms with Gasteiger partial charge in [-0.05, 0) is 0 Å². The molecule has 0 spiro atoms. The molecule has 2 aliphatic heterocycles. The third-order valence-electron chi connectivity index (χ3n) is 4.09. The van der Waals surface area contributed by atoms with Crippen LogP contribution < -0.4 is 5.32 Å². The first-order valence-electron chi connectivity index (χ1n) is 7.07. The van der Waals surface area contributed by atoms with E-state index in [2.05, 4.69) is 5.32 Å². The zero-order chi connectivity index (χ0) is 16.4. The maximum absolute atomic E-state index is 9.95. The van der Waals surface area contributed by atoms with E-state index in [1.807, 2.05) is 0 Å². The summed E-state index contributed by atoms with van der Waals surface area (Å²) in [6.07, 6.45) is -11.0. The summed E-state index contributed by atoms with van der Waals surface area (Å²) in [5.74, 6) is -0.578. The predicted octanol–water partition coefficient (Wildman–Crippen LogP) is -4.94. The summed E-state index contributed by atoms with van der Waals surface area (Å²) in [7, 11) is 0. The monoisotopic (exact) mass is 325 g/mol. The molecule has 0 amide bonds. The smallest absolute Gasteiger partial charge is 0.187 e. The van der Waals surface area contributed by atoms with Gasteiger partial charge in [0.15, 0.2) is 6.29 Å². The molecular formula is C12H23NO9. The zero-order valence-electron chi connectivity index (χ0n) is 11.8. The van der Waals surface area contributed by atoms with E-state index in [4.69, 9.17) is 14.6 Å². The van der Waals surface area contributed by atoms with Crippen LogP contribution in [0.5, 0.6) is 0 Å². The SMILES string of the molecule is OC[C@H]1CNC(O)[C@@H](O)[C@@H]1O[C@@H]1O[C@H](CO)[C@@H](O)[C@H](O)[C@H]1O. The summed E-state index contributed by atoms with van der Waals surface area (Å²) in [6, 6.07) is 0. The maximum atomic E-state index is 9.95. The lowest BCUT2D eigenvalue weighted by Gasteiger charge is -2.44. The first kappa shape index (κ1) is 17.9. The minimum atomic E-state index is -1.61. The van der Waals surface area contributed by atoms with Gasteiger partial charge in [-0.15, -0.1) is 0 Å². The first-order valence-corrected chi connectivity index (χ1v) is 7.07. The molecule has 0 saturated carbocycles. The van der Waals surface area contributed by atoms with Crippen LogP contribution in [0.25, 0.3) is 0 Å². The Labute approximate surface area is 126 Å². The Morgan fingerprint density at radius 2 is 1.59 bits per heavy atom. The highest BCUT2D eigenvalue weighted by molar-refractivity contribution is 4.92. The Morgan fingerprint density at radius 1 is 0.909 bits per heavy atom. The second-order valence-electron chi connectivity index (χ2n) is 5.58. The van der Waals surface area contributed by atoms with Crippen molar-refractivity contribution in [3.05, 3.63) is 0 Å². The van der Waals surface area contributed by atoms with E-state index < -0.39 is 61.7 Å². The van der Waals surface area contributed by atoms with Gasteiger partial charge < -0.3 is 45.2 Å². The van der Waals surface area contributed by atoms with Crippen molar-refractivity contribution in [2.24, 2.45) is 5.92 Å². The van der Waals surface area contributed by atoms with Gasteiger partial charge >= 0.3 is 0 Å². The van der Waals surface area contributed by atoms with E-state index in [0.717, 1.165) is 0 Å². The molecule has 0 aromatic carbocycles. The van der Waals surface area contributed by atoms with E-state index in [-0.39, 0.29) is 13.2 Å². The fourth-order valence-electron chi connectivity index (χ4n) is 2.66. The number of ether oxygens (including phenoxy) is 2.